The summed E-state index contributed by atoms with van der Waals surface area (Å²) >= 11 is 1.08. The van der Waals surface area contributed by atoms with Crippen LogP contribution in [0.15, 0.2) is 46.8 Å². The third-order valence-corrected chi connectivity index (χ3v) is 9.62. The van der Waals surface area contributed by atoms with Gasteiger partial charge in [-0.05, 0) is 35.2 Å². The van der Waals surface area contributed by atoms with E-state index in [-0.39, 0.29) is 21.2 Å². The topological polar surface area (TPSA) is 90.8 Å². The number of amides is 1. The molecule has 7 nitrogen and oxygen atoms in total. The van der Waals surface area contributed by atoms with E-state index >= 15 is 0 Å². The van der Waals surface area contributed by atoms with Gasteiger partial charge < -0.3 is 14.9 Å². The van der Waals surface area contributed by atoms with Crippen molar-refractivity contribution in [2.75, 3.05) is 24.5 Å². The zero-order chi connectivity index (χ0) is 26.5. The highest BCUT2D eigenvalue weighted by atomic mass is 32.2. The Morgan fingerprint density at radius 1 is 1.14 bits per heavy atom. The summed E-state index contributed by atoms with van der Waals surface area (Å²) in [6.45, 7) is 7.03. The minimum atomic E-state index is -4.49. The maximum Gasteiger partial charge on any atom is 0.416 e. The highest BCUT2D eigenvalue weighted by Gasteiger charge is 2.39. The number of aromatic nitrogens is 1. The quantitative estimate of drug-likeness (QED) is 0.469. The number of piperazine rings is 1. The molecule has 0 bridgehead atoms. The van der Waals surface area contributed by atoms with Gasteiger partial charge >= 0.3 is 12.3 Å². The predicted molar refractivity (Wildman–Crippen MR) is 132 cm³/mol. The van der Waals surface area contributed by atoms with Crippen LogP contribution in [0.2, 0.25) is 0 Å². The molecule has 36 heavy (non-hydrogen) atoms. The number of hydrogen-bond acceptors (Lipinski definition) is 6. The molecule has 1 atom stereocenters. The van der Waals surface area contributed by atoms with Crippen molar-refractivity contribution in [3.63, 3.8) is 0 Å². The summed E-state index contributed by atoms with van der Waals surface area (Å²) in [6, 6.07) is 7.08. The first-order chi connectivity index (χ1) is 16.7. The van der Waals surface area contributed by atoms with Gasteiger partial charge in [-0.1, -0.05) is 32.9 Å². The first-order valence-electron chi connectivity index (χ1n) is 11.2. The number of carboxylic acid groups (broad SMARTS) is 1. The van der Waals surface area contributed by atoms with Gasteiger partial charge in [-0.25, -0.2) is 18.2 Å². The van der Waals surface area contributed by atoms with Crippen LogP contribution in [-0.4, -0.2) is 55.2 Å². The van der Waals surface area contributed by atoms with Crippen LogP contribution in [0.1, 0.15) is 31.9 Å². The van der Waals surface area contributed by atoms with Gasteiger partial charge in [0, 0.05) is 35.9 Å². The van der Waals surface area contributed by atoms with Gasteiger partial charge in [0.05, 0.1) is 17.4 Å². The lowest BCUT2D eigenvalue weighted by molar-refractivity contribution is -0.137. The summed E-state index contributed by atoms with van der Waals surface area (Å²) in [5.41, 5.74) is -0.898. The second kappa shape index (κ2) is 9.22. The first kappa shape index (κ1) is 26.2. The van der Waals surface area contributed by atoms with Crippen LogP contribution in [0, 0.1) is 5.41 Å². The normalized spacial score (nSPS) is 17.6. The molecule has 1 fully saturated rings. The fourth-order valence-corrected chi connectivity index (χ4v) is 7.16. The number of anilines is 1. The maximum atomic E-state index is 13.1. The molecule has 0 aliphatic carbocycles. The molecule has 3 heterocycles. The van der Waals surface area contributed by atoms with Gasteiger partial charge in [0.1, 0.15) is 10.0 Å². The highest BCUT2D eigenvalue weighted by molar-refractivity contribution is 7.92. The average molecular weight is 542 g/mol. The van der Waals surface area contributed by atoms with Crippen molar-refractivity contribution in [2.45, 2.75) is 43.0 Å². The highest BCUT2D eigenvalue weighted by Crippen LogP contribution is 2.38. The lowest BCUT2D eigenvalue weighted by Crippen LogP contribution is -2.59. The minimum Gasteiger partial charge on any atom is -0.465 e. The molecular weight excluding hydrogens is 515 g/mol. The van der Waals surface area contributed by atoms with E-state index in [1.165, 1.54) is 17.0 Å². The van der Waals surface area contributed by atoms with Crippen molar-refractivity contribution in [1.29, 1.82) is 0 Å². The van der Waals surface area contributed by atoms with Crippen molar-refractivity contribution >= 4 is 43.2 Å². The lowest BCUT2D eigenvalue weighted by atomic mass is 9.84. The Kier molecular flexibility index (Phi) is 6.71. The van der Waals surface area contributed by atoms with E-state index in [0.29, 0.717) is 35.5 Å². The predicted octanol–water partition coefficient (Wildman–Crippen LogP) is 5.50. The Morgan fingerprint density at radius 2 is 1.81 bits per heavy atom. The number of halogens is 3. The second-order valence-electron chi connectivity index (χ2n) is 9.87. The average Bonchev–Trinajstić information content (AvgIpc) is 3.23. The Labute approximate surface area is 211 Å². The molecule has 1 aromatic carbocycles. The van der Waals surface area contributed by atoms with Gasteiger partial charge in [0.2, 0.25) is 0 Å². The van der Waals surface area contributed by atoms with Gasteiger partial charge in [0.25, 0.3) is 0 Å². The lowest BCUT2D eigenvalue weighted by Gasteiger charge is -2.46. The second-order valence-corrected chi connectivity index (χ2v) is 13.2. The Balaban J connectivity index is 1.63. The van der Waals surface area contributed by atoms with E-state index in [1.54, 1.807) is 18.3 Å². The molecule has 1 N–H and O–H groups in total. The third kappa shape index (κ3) is 5.29. The number of hydrogen-bond donors (Lipinski definition) is 1. The number of carbonyl (C=O) groups is 1. The fraction of sp³-hybridized carbons (Fsp3) is 0.417. The molecule has 12 heteroatoms. The van der Waals surface area contributed by atoms with E-state index in [4.69, 9.17) is 0 Å². The molecule has 1 amide bonds. The molecule has 2 aromatic heterocycles. The van der Waals surface area contributed by atoms with Gasteiger partial charge in [-0.2, -0.15) is 13.2 Å². The molecule has 4 rings (SSSR count). The molecule has 1 unspecified atom stereocenters. The first-order valence-corrected chi connectivity index (χ1v) is 13.7. The Hall–Kier alpha value is -2.86. The summed E-state index contributed by atoms with van der Waals surface area (Å²) in [7, 11) is -3.82. The Bertz CT molecular complexity index is 1380. The number of fused-ring (bicyclic) bond motifs is 1. The van der Waals surface area contributed by atoms with Crippen LogP contribution in [0.4, 0.5) is 23.8 Å². The number of rotatable bonds is 4. The van der Waals surface area contributed by atoms with E-state index in [0.717, 1.165) is 23.5 Å². The van der Waals surface area contributed by atoms with Crippen molar-refractivity contribution in [3.05, 3.63) is 53.7 Å². The summed E-state index contributed by atoms with van der Waals surface area (Å²) in [4.78, 5) is 19.7. The summed E-state index contributed by atoms with van der Waals surface area (Å²) in [5.74, 6) is 0.156. The smallest absolute Gasteiger partial charge is 0.416 e. The van der Waals surface area contributed by atoms with Crippen LogP contribution in [0.3, 0.4) is 0 Å². The SMILES string of the molecule is CC(C)(C)C1CN(c2nccc3sc(S(=O)(=O)Cc4ccc(C(F)(F)F)cc4)cc23)CCN1C(=O)O. The standard InChI is InChI=1S/C24H26F3N3O4S2/c1-23(2,3)19-13-29(10-11-30(19)22(31)32)21-17-12-20(35-18(17)8-9-28-21)36(33,34)14-15-4-6-16(7-5-15)24(25,26)27/h4-9,12,19H,10-11,13-14H2,1-3H3,(H,31,32). The van der Waals surface area contributed by atoms with E-state index < -0.39 is 33.4 Å². The molecular formula is C24H26F3N3O4S2. The molecule has 1 aliphatic heterocycles. The summed E-state index contributed by atoms with van der Waals surface area (Å²) in [5, 5.41) is 10.3. The van der Waals surface area contributed by atoms with Crippen molar-refractivity contribution in [1.82, 2.24) is 9.88 Å². The number of benzene rings is 1. The number of pyridine rings is 1. The molecule has 0 saturated carbocycles. The van der Waals surface area contributed by atoms with Gasteiger partial charge in [-0.15, -0.1) is 11.3 Å². The van der Waals surface area contributed by atoms with Crippen LogP contribution in [0.25, 0.3) is 10.1 Å². The summed E-state index contributed by atoms with van der Waals surface area (Å²) < 4.78 is 65.5. The molecule has 3 aromatic rings. The monoisotopic (exact) mass is 541 g/mol. The molecule has 1 saturated heterocycles. The number of thiophene rings is 1. The van der Waals surface area contributed by atoms with Crippen molar-refractivity contribution < 1.29 is 31.5 Å². The van der Waals surface area contributed by atoms with Crippen molar-refractivity contribution in [2.24, 2.45) is 5.41 Å². The third-order valence-electron chi connectivity index (χ3n) is 6.27. The van der Waals surface area contributed by atoms with Gasteiger partial charge in [-0.3, -0.25) is 0 Å². The minimum absolute atomic E-state index is 0.100. The Morgan fingerprint density at radius 3 is 2.39 bits per heavy atom. The van der Waals surface area contributed by atoms with E-state index in [2.05, 4.69) is 4.98 Å². The van der Waals surface area contributed by atoms with Crippen molar-refractivity contribution in [3.8, 4) is 0 Å². The molecule has 194 valence electrons. The molecule has 0 spiro atoms. The molecule has 0 radical (unpaired) electrons. The fourth-order valence-electron chi connectivity index (χ4n) is 4.36. The molecule has 1 aliphatic rings. The zero-order valence-corrected chi connectivity index (χ0v) is 21.5. The van der Waals surface area contributed by atoms with Gasteiger partial charge in [0.15, 0.2) is 9.84 Å². The van der Waals surface area contributed by atoms with Crippen LogP contribution in [-0.2, 0) is 21.8 Å². The van der Waals surface area contributed by atoms with Crippen LogP contribution >= 0.6 is 11.3 Å². The number of alkyl halides is 3. The number of sulfone groups is 1. The number of nitrogens with zero attached hydrogens (tertiary/aromatic N) is 3. The summed E-state index contributed by atoms with van der Waals surface area (Å²) in [6.07, 6.45) is -3.88. The largest absolute Gasteiger partial charge is 0.465 e. The van der Waals surface area contributed by atoms with E-state index in [9.17, 15) is 31.5 Å². The van der Waals surface area contributed by atoms with Crippen LogP contribution in [0.5, 0.6) is 0 Å². The van der Waals surface area contributed by atoms with E-state index in [1.807, 2.05) is 25.7 Å². The van der Waals surface area contributed by atoms with Crippen LogP contribution < -0.4 is 4.90 Å². The maximum absolute atomic E-state index is 13.1. The zero-order valence-electron chi connectivity index (χ0n) is 19.9.